The molecule has 2 amide bonds. The van der Waals surface area contributed by atoms with Crippen molar-refractivity contribution < 1.29 is 19.1 Å². The summed E-state index contributed by atoms with van der Waals surface area (Å²) in [5.41, 5.74) is 0.286. The molecule has 0 spiro atoms. The van der Waals surface area contributed by atoms with E-state index in [0.717, 1.165) is 0 Å². The number of hydrogen-bond acceptors (Lipinski definition) is 4. The fourth-order valence-corrected chi connectivity index (χ4v) is 3.13. The van der Waals surface area contributed by atoms with E-state index in [4.69, 9.17) is 11.6 Å². The number of amides is 2. The Bertz CT molecular complexity index is 704. The lowest BCUT2D eigenvalue weighted by atomic mass is 9.90. The van der Waals surface area contributed by atoms with Crippen molar-refractivity contribution in [2.75, 3.05) is 25.5 Å². The standard InChI is InChI=1S/C19H25ClN2O4/c1-19(2,3)18(25)22-9-7-12(8-10-22)16(23)21-13-5-6-15(20)14(11-13)17(24)26-4/h5-6,11-12H,7-10H2,1-4H3,(H,21,23). The molecule has 0 radical (unpaired) electrons. The fourth-order valence-electron chi connectivity index (χ4n) is 2.93. The number of piperidine rings is 1. The molecule has 1 fully saturated rings. The predicted octanol–water partition coefficient (Wildman–Crippen LogP) is 3.35. The zero-order chi connectivity index (χ0) is 19.5. The first kappa shape index (κ1) is 20.2. The van der Waals surface area contributed by atoms with Crippen LogP contribution in [0.3, 0.4) is 0 Å². The molecule has 142 valence electrons. The van der Waals surface area contributed by atoms with Crippen molar-refractivity contribution in [2.24, 2.45) is 11.3 Å². The second-order valence-electron chi connectivity index (χ2n) is 7.49. The van der Waals surface area contributed by atoms with Crippen LogP contribution in [0.5, 0.6) is 0 Å². The van der Waals surface area contributed by atoms with Crippen LogP contribution >= 0.6 is 11.6 Å². The Kier molecular flexibility index (Phi) is 6.29. The quantitative estimate of drug-likeness (QED) is 0.816. The maximum Gasteiger partial charge on any atom is 0.339 e. The highest BCUT2D eigenvalue weighted by atomic mass is 35.5. The van der Waals surface area contributed by atoms with E-state index in [0.29, 0.717) is 31.6 Å². The minimum atomic E-state index is -0.555. The molecular formula is C19H25ClN2O4. The Morgan fingerprint density at radius 3 is 2.35 bits per heavy atom. The third-order valence-electron chi connectivity index (χ3n) is 4.43. The summed E-state index contributed by atoms with van der Waals surface area (Å²) in [6, 6.07) is 4.70. The number of rotatable bonds is 3. The number of nitrogens with one attached hydrogen (secondary N) is 1. The highest BCUT2D eigenvalue weighted by Gasteiger charge is 2.32. The van der Waals surface area contributed by atoms with Gasteiger partial charge in [0.05, 0.1) is 17.7 Å². The average molecular weight is 381 g/mol. The summed E-state index contributed by atoms with van der Waals surface area (Å²) in [7, 11) is 1.27. The van der Waals surface area contributed by atoms with Gasteiger partial charge in [0.25, 0.3) is 0 Å². The molecule has 1 aromatic carbocycles. The number of ether oxygens (including phenoxy) is 1. The molecule has 7 heteroatoms. The van der Waals surface area contributed by atoms with E-state index in [2.05, 4.69) is 10.1 Å². The first-order valence-electron chi connectivity index (χ1n) is 8.61. The van der Waals surface area contributed by atoms with Crippen LogP contribution in [-0.4, -0.2) is 42.9 Å². The topological polar surface area (TPSA) is 75.7 Å². The van der Waals surface area contributed by atoms with Crippen molar-refractivity contribution in [1.82, 2.24) is 4.90 Å². The molecule has 1 heterocycles. The van der Waals surface area contributed by atoms with Crippen molar-refractivity contribution in [3.8, 4) is 0 Å². The molecule has 26 heavy (non-hydrogen) atoms. The summed E-state index contributed by atoms with van der Waals surface area (Å²) < 4.78 is 4.68. The number of likely N-dealkylation sites (tertiary alicyclic amines) is 1. The van der Waals surface area contributed by atoms with Gasteiger partial charge < -0.3 is 15.0 Å². The van der Waals surface area contributed by atoms with Crippen LogP contribution in [0, 0.1) is 11.3 Å². The second-order valence-corrected chi connectivity index (χ2v) is 7.90. The van der Waals surface area contributed by atoms with E-state index in [-0.39, 0.29) is 28.3 Å². The second kappa shape index (κ2) is 8.08. The highest BCUT2D eigenvalue weighted by molar-refractivity contribution is 6.33. The molecule has 0 saturated carbocycles. The Morgan fingerprint density at radius 2 is 1.81 bits per heavy atom. The minimum absolute atomic E-state index is 0.108. The van der Waals surface area contributed by atoms with Crippen LogP contribution < -0.4 is 5.32 Å². The van der Waals surface area contributed by atoms with E-state index in [9.17, 15) is 14.4 Å². The first-order valence-corrected chi connectivity index (χ1v) is 8.99. The third-order valence-corrected chi connectivity index (χ3v) is 4.76. The Hall–Kier alpha value is -2.08. The maximum absolute atomic E-state index is 12.5. The predicted molar refractivity (Wildman–Crippen MR) is 100 cm³/mol. The monoisotopic (exact) mass is 380 g/mol. The van der Waals surface area contributed by atoms with Crippen molar-refractivity contribution >= 4 is 35.1 Å². The van der Waals surface area contributed by atoms with Gasteiger partial charge in [-0.05, 0) is 31.0 Å². The molecule has 2 rings (SSSR count). The van der Waals surface area contributed by atoms with Crippen molar-refractivity contribution in [3.05, 3.63) is 28.8 Å². The zero-order valence-electron chi connectivity index (χ0n) is 15.6. The van der Waals surface area contributed by atoms with Crippen LogP contribution in [-0.2, 0) is 14.3 Å². The number of benzene rings is 1. The molecule has 1 saturated heterocycles. The van der Waals surface area contributed by atoms with Gasteiger partial charge in [0.1, 0.15) is 0 Å². The third kappa shape index (κ3) is 4.75. The van der Waals surface area contributed by atoms with Gasteiger partial charge in [0.2, 0.25) is 11.8 Å². The van der Waals surface area contributed by atoms with Gasteiger partial charge >= 0.3 is 5.97 Å². The first-order chi connectivity index (χ1) is 12.1. The van der Waals surface area contributed by atoms with Crippen molar-refractivity contribution in [1.29, 1.82) is 0 Å². The van der Waals surface area contributed by atoms with Crippen molar-refractivity contribution in [3.63, 3.8) is 0 Å². The smallest absolute Gasteiger partial charge is 0.339 e. The zero-order valence-corrected chi connectivity index (χ0v) is 16.4. The molecular weight excluding hydrogens is 356 g/mol. The number of carbonyl (C=O) groups is 3. The number of halogens is 1. The van der Waals surface area contributed by atoms with Crippen LogP contribution in [0.2, 0.25) is 5.02 Å². The van der Waals surface area contributed by atoms with Crippen molar-refractivity contribution in [2.45, 2.75) is 33.6 Å². The van der Waals surface area contributed by atoms with Gasteiger partial charge in [-0.25, -0.2) is 4.79 Å². The number of esters is 1. The lowest BCUT2D eigenvalue weighted by Gasteiger charge is -2.35. The summed E-state index contributed by atoms with van der Waals surface area (Å²) in [6.07, 6.45) is 1.23. The molecule has 0 atom stereocenters. The molecule has 0 bridgehead atoms. The molecule has 1 aromatic rings. The maximum atomic E-state index is 12.5. The largest absolute Gasteiger partial charge is 0.465 e. The number of hydrogen-bond donors (Lipinski definition) is 1. The van der Waals surface area contributed by atoms with E-state index < -0.39 is 11.4 Å². The number of anilines is 1. The summed E-state index contributed by atoms with van der Waals surface area (Å²) in [5.74, 6) is -0.737. The van der Waals surface area contributed by atoms with Gasteiger partial charge in [-0.2, -0.15) is 0 Å². The molecule has 0 unspecified atom stereocenters. The van der Waals surface area contributed by atoms with E-state index in [1.807, 2.05) is 25.7 Å². The normalized spacial score (nSPS) is 15.5. The van der Waals surface area contributed by atoms with Gasteiger partial charge in [0.15, 0.2) is 0 Å². The molecule has 6 nitrogen and oxygen atoms in total. The lowest BCUT2D eigenvalue weighted by molar-refractivity contribution is -0.142. The van der Waals surface area contributed by atoms with E-state index in [1.165, 1.54) is 13.2 Å². The number of carbonyl (C=O) groups excluding carboxylic acids is 3. The summed E-state index contributed by atoms with van der Waals surface area (Å²) in [4.78, 5) is 38.3. The molecule has 1 aliphatic rings. The van der Waals surface area contributed by atoms with E-state index in [1.54, 1.807) is 12.1 Å². The molecule has 1 N–H and O–H groups in total. The minimum Gasteiger partial charge on any atom is -0.465 e. The van der Waals surface area contributed by atoms with Gasteiger partial charge in [-0.1, -0.05) is 32.4 Å². The molecule has 1 aliphatic heterocycles. The Morgan fingerprint density at radius 1 is 1.19 bits per heavy atom. The molecule has 0 aromatic heterocycles. The number of nitrogens with zero attached hydrogens (tertiary/aromatic N) is 1. The van der Waals surface area contributed by atoms with Crippen LogP contribution in [0.1, 0.15) is 44.0 Å². The molecule has 0 aliphatic carbocycles. The highest BCUT2D eigenvalue weighted by Crippen LogP contribution is 2.26. The van der Waals surface area contributed by atoms with Crippen LogP contribution in [0.25, 0.3) is 0 Å². The summed E-state index contributed by atoms with van der Waals surface area (Å²) >= 11 is 5.99. The summed E-state index contributed by atoms with van der Waals surface area (Å²) in [6.45, 7) is 6.83. The Labute approximate surface area is 158 Å². The fraction of sp³-hybridized carbons (Fsp3) is 0.526. The summed E-state index contributed by atoms with van der Waals surface area (Å²) in [5, 5.41) is 3.09. The van der Waals surface area contributed by atoms with Gasteiger partial charge in [0, 0.05) is 30.1 Å². The SMILES string of the molecule is COC(=O)c1cc(NC(=O)C2CCN(C(=O)C(C)(C)C)CC2)ccc1Cl. The van der Waals surface area contributed by atoms with Crippen LogP contribution in [0.15, 0.2) is 18.2 Å². The van der Waals surface area contributed by atoms with Gasteiger partial charge in [-0.3, -0.25) is 9.59 Å². The van der Waals surface area contributed by atoms with Crippen LogP contribution in [0.4, 0.5) is 5.69 Å². The Balaban J connectivity index is 1.98. The average Bonchev–Trinajstić information content (AvgIpc) is 2.61. The number of methoxy groups -OCH3 is 1. The lowest BCUT2D eigenvalue weighted by Crippen LogP contribution is -2.45. The van der Waals surface area contributed by atoms with Gasteiger partial charge in [-0.15, -0.1) is 0 Å². The van der Waals surface area contributed by atoms with E-state index >= 15 is 0 Å².